The van der Waals surface area contributed by atoms with E-state index in [2.05, 4.69) is 5.32 Å². The fourth-order valence-electron chi connectivity index (χ4n) is 2.45. The Balaban J connectivity index is 1.98. The van der Waals surface area contributed by atoms with Gasteiger partial charge in [-0.05, 0) is 30.3 Å². The van der Waals surface area contributed by atoms with Crippen molar-refractivity contribution in [3.05, 3.63) is 48.3 Å². The van der Waals surface area contributed by atoms with Crippen LogP contribution in [0, 0.1) is 0 Å². The van der Waals surface area contributed by atoms with Crippen LogP contribution >= 0.6 is 0 Å². The number of carbonyl (C=O) groups excluding carboxylic acids is 3. The summed E-state index contributed by atoms with van der Waals surface area (Å²) in [6.45, 7) is 0.238. The monoisotopic (exact) mass is 313 g/mol. The van der Waals surface area contributed by atoms with Gasteiger partial charge < -0.3 is 4.74 Å². The number of rotatable bonds is 3. The first-order chi connectivity index (χ1) is 11.1. The van der Waals surface area contributed by atoms with Gasteiger partial charge in [-0.1, -0.05) is 0 Å². The molecule has 0 aliphatic carbocycles. The number of ether oxygens (including phenoxy) is 1. The molecule has 0 radical (unpaired) electrons. The van der Waals surface area contributed by atoms with Crippen molar-refractivity contribution in [1.29, 1.82) is 0 Å². The van der Waals surface area contributed by atoms with Gasteiger partial charge in [0.05, 0.1) is 12.8 Å². The number of amides is 3. The lowest BCUT2D eigenvalue weighted by Gasteiger charge is -2.28. The number of nitrogens with zero attached hydrogens (tertiary/aromatic N) is 2. The summed E-state index contributed by atoms with van der Waals surface area (Å²) in [6.07, 6.45) is 3.50. The third kappa shape index (κ3) is 2.80. The van der Waals surface area contributed by atoms with Gasteiger partial charge in [0, 0.05) is 30.9 Å². The minimum atomic E-state index is -0.523. The number of methoxy groups -OCH3 is 1. The lowest BCUT2D eigenvalue weighted by Crippen LogP contribution is -2.49. The molecule has 3 amide bonds. The number of carbonyl (C=O) groups is 3. The van der Waals surface area contributed by atoms with Gasteiger partial charge in [0.25, 0.3) is 5.91 Å². The molecule has 0 bridgehead atoms. The van der Waals surface area contributed by atoms with Gasteiger partial charge in [-0.2, -0.15) is 0 Å². The van der Waals surface area contributed by atoms with Gasteiger partial charge >= 0.3 is 6.03 Å². The summed E-state index contributed by atoms with van der Waals surface area (Å²) in [5, 5.41) is 2.26. The molecule has 2 heterocycles. The number of hydrogen-bond donors (Lipinski definition) is 1. The number of benzene rings is 1. The molecule has 1 fully saturated rings. The molecule has 2 aromatic rings. The van der Waals surface area contributed by atoms with Crippen LogP contribution in [0.2, 0.25) is 0 Å². The van der Waals surface area contributed by atoms with Crippen LogP contribution in [-0.2, 0) is 4.79 Å². The average Bonchev–Trinajstić information content (AvgIpc) is 3.08. The summed E-state index contributed by atoms with van der Waals surface area (Å²) < 4.78 is 6.72. The molecule has 1 aliphatic rings. The number of hydrogen-bond acceptors (Lipinski definition) is 4. The molecule has 3 rings (SSSR count). The second kappa shape index (κ2) is 5.96. The Labute approximate surface area is 132 Å². The Morgan fingerprint density at radius 3 is 2.61 bits per heavy atom. The Hall–Kier alpha value is -3.09. The highest BCUT2D eigenvalue weighted by atomic mass is 16.5. The highest BCUT2D eigenvalue weighted by molar-refractivity contribution is 6.07. The van der Waals surface area contributed by atoms with E-state index < -0.39 is 6.03 Å². The van der Waals surface area contributed by atoms with Gasteiger partial charge in [-0.15, -0.1) is 0 Å². The number of urea groups is 1. The van der Waals surface area contributed by atoms with Gasteiger partial charge in [0.2, 0.25) is 5.91 Å². The van der Waals surface area contributed by atoms with Crippen LogP contribution in [0.3, 0.4) is 0 Å². The SMILES string of the molecule is COc1ccc(C(=O)n2cccc2)cc1N1CCC(=O)NC1=O. The smallest absolute Gasteiger partial charge is 0.328 e. The van der Waals surface area contributed by atoms with Crippen molar-refractivity contribution in [3.63, 3.8) is 0 Å². The van der Waals surface area contributed by atoms with E-state index in [4.69, 9.17) is 4.74 Å². The lowest BCUT2D eigenvalue weighted by atomic mass is 10.1. The van der Waals surface area contributed by atoms with E-state index in [0.717, 1.165) is 0 Å². The van der Waals surface area contributed by atoms with E-state index in [-0.39, 0.29) is 24.8 Å². The third-order valence-corrected chi connectivity index (χ3v) is 3.61. The summed E-state index contributed by atoms with van der Waals surface area (Å²) in [5.74, 6) is -0.0734. The molecule has 1 N–H and O–H groups in total. The van der Waals surface area contributed by atoms with Crippen LogP contribution < -0.4 is 15.0 Å². The van der Waals surface area contributed by atoms with Crippen molar-refractivity contribution in [2.24, 2.45) is 0 Å². The first-order valence-corrected chi connectivity index (χ1v) is 7.07. The van der Waals surface area contributed by atoms with E-state index in [1.54, 1.807) is 42.7 Å². The topological polar surface area (TPSA) is 80.6 Å². The number of aromatic nitrogens is 1. The fraction of sp³-hybridized carbons (Fsp3) is 0.188. The zero-order valence-electron chi connectivity index (χ0n) is 12.5. The number of nitrogens with one attached hydrogen (secondary N) is 1. The Bertz CT molecular complexity index is 768. The van der Waals surface area contributed by atoms with Crippen molar-refractivity contribution in [1.82, 2.24) is 9.88 Å². The van der Waals surface area contributed by atoms with Gasteiger partial charge in [-0.25, -0.2) is 4.79 Å². The minimum absolute atomic E-state index is 0.199. The first kappa shape index (κ1) is 14.8. The van der Waals surface area contributed by atoms with Gasteiger partial charge in [0.1, 0.15) is 5.75 Å². The highest BCUT2D eigenvalue weighted by Crippen LogP contribution is 2.30. The standard InChI is InChI=1S/C16H15N3O4/c1-23-13-5-4-11(15(21)18-7-2-3-8-18)10-12(13)19-9-6-14(20)17-16(19)22/h2-5,7-8,10H,6,9H2,1H3,(H,17,20,22). The second-order valence-corrected chi connectivity index (χ2v) is 5.04. The van der Waals surface area contributed by atoms with Crippen LogP contribution in [0.5, 0.6) is 5.75 Å². The summed E-state index contributed by atoms with van der Waals surface area (Å²) in [6, 6.07) is 7.85. The fourth-order valence-corrected chi connectivity index (χ4v) is 2.45. The van der Waals surface area contributed by atoms with Crippen LogP contribution in [0.1, 0.15) is 16.8 Å². The molecular weight excluding hydrogens is 298 g/mol. The number of anilines is 1. The first-order valence-electron chi connectivity index (χ1n) is 7.07. The normalized spacial score (nSPS) is 14.6. The summed E-state index contributed by atoms with van der Waals surface area (Å²) >= 11 is 0. The van der Waals surface area contributed by atoms with Crippen molar-refractivity contribution < 1.29 is 19.1 Å². The molecule has 1 aromatic carbocycles. The van der Waals surface area contributed by atoms with Crippen LogP contribution in [0.25, 0.3) is 0 Å². The molecular formula is C16H15N3O4. The summed E-state index contributed by atoms with van der Waals surface area (Å²) in [5.41, 5.74) is 0.872. The molecule has 0 saturated carbocycles. The molecule has 23 heavy (non-hydrogen) atoms. The van der Waals surface area contributed by atoms with Crippen LogP contribution in [0.4, 0.5) is 10.5 Å². The zero-order chi connectivity index (χ0) is 16.4. The maximum atomic E-state index is 12.4. The third-order valence-electron chi connectivity index (χ3n) is 3.61. The van der Waals surface area contributed by atoms with Gasteiger partial charge in [0.15, 0.2) is 0 Å². The predicted molar refractivity (Wildman–Crippen MR) is 82.7 cm³/mol. The van der Waals surface area contributed by atoms with Crippen molar-refractivity contribution in [3.8, 4) is 5.75 Å². The lowest BCUT2D eigenvalue weighted by molar-refractivity contribution is -0.120. The van der Waals surface area contributed by atoms with E-state index in [1.807, 2.05) is 0 Å². The van der Waals surface area contributed by atoms with Crippen molar-refractivity contribution in [2.45, 2.75) is 6.42 Å². The van der Waals surface area contributed by atoms with Crippen LogP contribution in [0.15, 0.2) is 42.7 Å². The largest absolute Gasteiger partial charge is 0.495 e. The van der Waals surface area contributed by atoms with E-state index >= 15 is 0 Å². The van der Waals surface area contributed by atoms with Crippen molar-refractivity contribution in [2.75, 3.05) is 18.6 Å². The molecule has 118 valence electrons. The maximum Gasteiger partial charge on any atom is 0.328 e. The molecule has 1 saturated heterocycles. The van der Waals surface area contributed by atoms with E-state index in [1.165, 1.54) is 16.6 Å². The predicted octanol–water partition coefficient (Wildman–Crippen LogP) is 1.63. The highest BCUT2D eigenvalue weighted by Gasteiger charge is 2.27. The molecule has 0 atom stereocenters. The Morgan fingerprint density at radius 1 is 1.22 bits per heavy atom. The molecule has 1 aliphatic heterocycles. The van der Waals surface area contributed by atoms with E-state index in [9.17, 15) is 14.4 Å². The van der Waals surface area contributed by atoms with Gasteiger partial charge in [-0.3, -0.25) is 24.4 Å². The van der Waals surface area contributed by atoms with E-state index in [0.29, 0.717) is 17.0 Å². The summed E-state index contributed by atoms with van der Waals surface area (Å²) in [7, 11) is 1.49. The zero-order valence-corrected chi connectivity index (χ0v) is 12.5. The maximum absolute atomic E-state index is 12.4. The number of imide groups is 1. The molecule has 0 spiro atoms. The van der Waals surface area contributed by atoms with Crippen molar-refractivity contribution >= 4 is 23.5 Å². The average molecular weight is 313 g/mol. The molecule has 0 unspecified atom stereocenters. The quantitative estimate of drug-likeness (QED) is 0.934. The van der Waals surface area contributed by atoms with Crippen LogP contribution in [-0.4, -0.2) is 36.1 Å². The molecule has 1 aromatic heterocycles. The minimum Gasteiger partial charge on any atom is -0.495 e. The second-order valence-electron chi connectivity index (χ2n) is 5.04. The summed E-state index contributed by atoms with van der Waals surface area (Å²) in [4.78, 5) is 37.1. The molecule has 7 nitrogen and oxygen atoms in total. The molecule has 7 heteroatoms. The Morgan fingerprint density at radius 2 is 1.96 bits per heavy atom. The Kier molecular flexibility index (Phi) is 3.84.